The maximum Gasteiger partial charge on any atom is 0.242 e. The van der Waals surface area contributed by atoms with Crippen LogP contribution in [-0.2, 0) is 21.4 Å². The number of amides is 1. The van der Waals surface area contributed by atoms with Crippen LogP contribution in [0, 0.1) is 0 Å². The summed E-state index contributed by atoms with van der Waals surface area (Å²) in [6, 6.07) is 6.60. The molecule has 1 aromatic rings. The summed E-state index contributed by atoms with van der Waals surface area (Å²) in [7, 11) is -0.428. The van der Waals surface area contributed by atoms with E-state index in [4.69, 9.17) is 5.73 Å². The second kappa shape index (κ2) is 6.76. The molecule has 1 amide bonds. The molecule has 0 aromatic heterocycles. The standard InChI is InChI=1S/C15H23N3O3S/c1-17(2)22(20,21)13-7-5-6-12(10-13)11-18-9-4-3-8-14(18)15(16)19/h5-7,10,14H,3-4,8-9,11H2,1-2H3,(H2,16,19)/t14-/m0/s1. The number of benzene rings is 1. The van der Waals surface area contributed by atoms with E-state index in [9.17, 15) is 13.2 Å². The average molecular weight is 325 g/mol. The number of hydrogen-bond donors (Lipinski definition) is 1. The predicted octanol–water partition coefficient (Wildman–Crippen LogP) is 0.777. The summed E-state index contributed by atoms with van der Waals surface area (Å²) in [6.45, 7) is 1.34. The Bertz CT molecular complexity index is 643. The van der Waals surface area contributed by atoms with Gasteiger partial charge in [0.15, 0.2) is 0 Å². The largest absolute Gasteiger partial charge is 0.368 e. The fourth-order valence-electron chi connectivity index (χ4n) is 2.75. The Kier molecular flexibility index (Phi) is 5.20. The maximum absolute atomic E-state index is 12.2. The minimum Gasteiger partial charge on any atom is -0.368 e. The highest BCUT2D eigenvalue weighted by molar-refractivity contribution is 7.89. The van der Waals surface area contributed by atoms with Crippen molar-refractivity contribution in [3.05, 3.63) is 29.8 Å². The van der Waals surface area contributed by atoms with Crippen LogP contribution < -0.4 is 5.73 Å². The van der Waals surface area contributed by atoms with Gasteiger partial charge in [0, 0.05) is 20.6 Å². The molecule has 6 nitrogen and oxygen atoms in total. The topological polar surface area (TPSA) is 83.7 Å². The summed E-state index contributed by atoms with van der Waals surface area (Å²) in [4.78, 5) is 13.8. The number of piperidine rings is 1. The highest BCUT2D eigenvalue weighted by Gasteiger charge is 2.27. The fraction of sp³-hybridized carbons (Fsp3) is 0.533. The molecule has 2 N–H and O–H groups in total. The Morgan fingerprint density at radius 1 is 1.36 bits per heavy atom. The molecular formula is C15H23N3O3S. The van der Waals surface area contributed by atoms with Crippen LogP contribution in [0.2, 0.25) is 0 Å². The summed E-state index contributed by atoms with van der Waals surface area (Å²) in [5.74, 6) is -0.309. The molecule has 1 aliphatic rings. The van der Waals surface area contributed by atoms with Crippen molar-refractivity contribution in [1.82, 2.24) is 9.21 Å². The molecule has 0 bridgehead atoms. The minimum atomic E-state index is -3.45. The maximum atomic E-state index is 12.2. The molecule has 0 saturated carbocycles. The van der Waals surface area contributed by atoms with E-state index in [2.05, 4.69) is 0 Å². The lowest BCUT2D eigenvalue weighted by Crippen LogP contribution is -2.47. The van der Waals surface area contributed by atoms with Crippen LogP contribution in [0.25, 0.3) is 0 Å². The first-order valence-electron chi connectivity index (χ1n) is 7.37. The molecule has 7 heteroatoms. The van der Waals surface area contributed by atoms with Crippen molar-refractivity contribution < 1.29 is 13.2 Å². The lowest BCUT2D eigenvalue weighted by atomic mass is 10.0. The Morgan fingerprint density at radius 3 is 2.73 bits per heavy atom. The zero-order valence-corrected chi connectivity index (χ0v) is 13.8. The van der Waals surface area contributed by atoms with E-state index in [-0.39, 0.29) is 16.8 Å². The number of likely N-dealkylation sites (tertiary alicyclic amines) is 1. The third kappa shape index (κ3) is 3.66. The first-order chi connectivity index (χ1) is 10.3. The number of nitrogens with two attached hydrogens (primary N) is 1. The number of carbonyl (C=O) groups is 1. The number of nitrogens with zero attached hydrogens (tertiary/aromatic N) is 2. The van der Waals surface area contributed by atoms with Crippen LogP contribution >= 0.6 is 0 Å². The molecule has 2 rings (SSSR count). The zero-order chi connectivity index (χ0) is 16.3. The molecule has 1 atom stereocenters. The van der Waals surface area contributed by atoms with Gasteiger partial charge in [-0.25, -0.2) is 12.7 Å². The van der Waals surface area contributed by atoms with E-state index < -0.39 is 10.0 Å². The lowest BCUT2D eigenvalue weighted by molar-refractivity contribution is -0.124. The van der Waals surface area contributed by atoms with Gasteiger partial charge in [-0.3, -0.25) is 9.69 Å². The van der Waals surface area contributed by atoms with E-state index in [0.29, 0.717) is 6.54 Å². The summed E-state index contributed by atoms with van der Waals surface area (Å²) in [6.07, 6.45) is 2.80. The zero-order valence-electron chi connectivity index (χ0n) is 13.0. The highest BCUT2D eigenvalue weighted by atomic mass is 32.2. The molecule has 122 valence electrons. The van der Waals surface area contributed by atoms with Crippen LogP contribution in [-0.4, -0.2) is 50.2 Å². The van der Waals surface area contributed by atoms with Gasteiger partial charge in [0.05, 0.1) is 10.9 Å². The summed E-state index contributed by atoms with van der Waals surface area (Å²) in [5.41, 5.74) is 6.34. The third-order valence-corrected chi connectivity index (χ3v) is 5.82. The first kappa shape index (κ1) is 16.9. The Hall–Kier alpha value is -1.44. The first-order valence-corrected chi connectivity index (χ1v) is 8.81. The van der Waals surface area contributed by atoms with E-state index in [1.54, 1.807) is 18.2 Å². The van der Waals surface area contributed by atoms with Gasteiger partial charge in [-0.15, -0.1) is 0 Å². The van der Waals surface area contributed by atoms with Crippen molar-refractivity contribution in [2.75, 3.05) is 20.6 Å². The molecule has 1 heterocycles. The predicted molar refractivity (Wildman–Crippen MR) is 84.6 cm³/mol. The molecule has 1 aromatic carbocycles. The Balaban J connectivity index is 2.21. The molecule has 1 saturated heterocycles. The van der Waals surface area contributed by atoms with Gasteiger partial charge in [-0.1, -0.05) is 18.6 Å². The number of hydrogen-bond acceptors (Lipinski definition) is 4. The molecule has 1 aliphatic heterocycles. The summed E-state index contributed by atoms with van der Waals surface area (Å²) < 4.78 is 25.6. The summed E-state index contributed by atoms with van der Waals surface area (Å²) in [5, 5.41) is 0. The van der Waals surface area contributed by atoms with Crippen LogP contribution in [0.3, 0.4) is 0 Å². The Morgan fingerprint density at radius 2 is 2.09 bits per heavy atom. The van der Waals surface area contributed by atoms with Gasteiger partial charge in [0.1, 0.15) is 0 Å². The molecular weight excluding hydrogens is 302 g/mol. The van der Waals surface area contributed by atoms with Crippen molar-refractivity contribution >= 4 is 15.9 Å². The van der Waals surface area contributed by atoms with Crippen molar-refractivity contribution in [3.63, 3.8) is 0 Å². The monoisotopic (exact) mass is 325 g/mol. The van der Waals surface area contributed by atoms with Gasteiger partial charge in [0.25, 0.3) is 0 Å². The van der Waals surface area contributed by atoms with Gasteiger partial charge >= 0.3 is 0 Å². The second-order valence-electron chi connectivity index (χ2n) is 5.82. The molecule has 22 heavy (non-hydrogen) atoms. The highest BCUT2D eigenvalue weighted by Crippen LogP contribution is 2.21. The van der Waals surface area contributed by atoms with Gasteiger partial charge in [-0.05, 0) is 37.1 Å². The smallest absolute Gasteiger partial charge is 0.242 e. The number of rotatable bonds is 5. The van der Waals surface area contributed by atoms with Gasteiger partial charge in [0.2, 0.25) is 15.9 Å². The SMILES string of the molecule is CN(C)S(=O)(=O)c1cccc(CN2CCCC[C@H]2C(N)=O)c1. The molecule has 1 fully saturated rings. The minimum absolute atomic E-state index is 0.261. The molecule has 0 spiro atoms. The van der Waals surface area contributed by atoms with Gasteiger partial charge < -0.3 is 5.73 Å². The van der Waals surface area contributed by atoms with E-state index in [1.165, 1.54) is 18.4 Å². The van der Waals surface area contributed by atoms with Crippen LogP contribution in [0.5, 0.6) is 0 Å². The van der Waals surface area contributed by atoms with Crippen molar-refractivity contribution in [2.45, 2.75) is 36.7 Å². The molecule has 0 unspecified atom stereocenters. The van der Waals surface area contributed by atoms with Crippen LogP contribution in [0.4, 0.5) is 0 Å². The second-order valence-corrected chi connectivity index (χ2v) is 7.97. The van der Waals surface area contributed by atoms with Crippen molar-refractivity contribution in [1.29, 1.82) is 0 Å². The lowest BCUT2D eigenvalue weighted by Gasteiger charge is -2.33. The van der Waals surface area contributed by atoms with Crippen molar-refractivity contribution in [2.24, 2.45) is 5.73 Å². The quantitative estimate of drug-likeness (QED) is 0.867. The fourth-order valence-corrected chi connectivity index (χ4v) is 3.72. The number of primary amides is 1. The normalized spacial score (nSPS) is 20.2. The molecule has 0 radical (unpaired) electrons. The van der Waals surface area contributed by atoms with E-state index in [1.807, 2.05) is 11.0 Å². The van der Waals surface area contributed by atoms with Gasteiger partial charge in [-0.2, -0.15) is 0 Å². The van der Waals surface area contributed by atoms with E-state index >= 15 is 0 Å². The summed E-state index contributed by atoms with van der Waals surface area (Å²) >= 11 is 0. The number of sulfonamides is 1. The third-order valence-electron chi connectivity index (χ3n) is 4.00. The average Bonchev–Trinajstić information content (AvgIpc) is 2.47. The molecule has 0 aliphatic carbocycles. The van der Waals surface area contributed by atoms with E-state index in [0.717, 1.165) is 31.4 Å². The van der Waals surface area contributed by atoms with Crippen LogP contribution in [0.15, 0.2) is 29.2 Å². The Labute approximate surface area is 131 Å². The van der Waals surface area contributed by atoms with Crippen LogP contribution in [0.1, 0.15) is 24.8 Å². The van der Waals surface area contributed by atoms with Crippen molar-refractivity contribution in [3.8, 4) is 0 Å². The number of carbonyl (C=O) groups excluding carboxylic acids is 1.